The zero-order valence-corrected chi connectivity index (χ0v) is 11.1. The minimum absolute atomic E-state index is 0.247. The summed E-state index contributed by atoms with van der Waals surface area (Å²) in [6.07, 6.45) is -0.687. The van der Waals surface area contributed by atoms with Crippen molar-refractivity contribution in [3.63, 3.8) is 0 Å². The molecule has 2 aromatic rings. The van der Waals surface area contributed by atoms with Crippen LogP contribution in [0.2, 0.25) is 0 Å². The number of aliphatic hydroxyl groups excluding tert-OH is 1. The van der Waals surface area contributed by atoms with Crippen molar-refractivity contribution >= 4 is 5.69 Å². The standard InChI is InChI=1S/C16H15FN2O/c1-11-8-14(6-7-15(11)17)19-10-16(20)13-4-2-12(9-18)3-5-13/h2-8,16,19-20H,10H2,1H3. The Hall–Kier alpha value is -2.38. The van der Waals surface area contributed by atoms with Gasteiger partial charge in [-0.2, -0.15) is 5.26 Å². The Balaban J connectivity index is 1.99. The summed E-state index contributed by atoms with van der Waals surface area (Å²) in [6, 6.07) is 13.5. The molecule has 3 nitrogen and oxygen atoms in total. The molecule has 0 saturated heterocycles. The van der Waals surface area contributed by atoms with Crippen LogP contribution in [0.3, 0.4) is 0 Å². The van der Waals surface area contributed by atoms with E-state index in [1.807, 2.05) is 6.07 Å². The lowest BCUT2D eigenvalue weighted by atomic mass is 10.1. The molecule has 2 aromatic carbocycles. The number of rotatable bonds is 4. The van der Waals surface area contributed by atoms with Crippen LogP contribution in [0, 0.1) is 24.1 Å². The minimum atomic E-state index is -0.687. The Kier molecular flexibility index (Phi) is 4.34. The molecular formula is C16H15FN2O. The van der Waals surface area contributed by atoms with E-state index in [1.54, 1.807) is 43.3 Å². The molecule has 20 heavy (non-hydrogen) atoms. The molecule has 0 heterocycles. The average molecular weight is 270 g/mol. The van der Waals surface area contributed by atoms with Gasteiger partial charge in [0.2, 0.25) is 0 Å². The smallest absolute Gasteiger partial charge is 0.126 e. The van der Waals surface area contributed by atoms with Crippen molar-refractivity contribution in [2.75, 3.05) is 11.9 Å². The largest absolute Gasteiger partial charge is 0.387 e. The fourth-order valence-corrected chi connectivity index (χ4v) is 1.87. The molecule has 2 rings (SSSR count). The summed E-state index contributed by atoms with van der Waals surface area (Å²) in [5.41, 5.74) is 2.61. The Morgan fingerprint density at radius 3 is 2.55 bits per heavy atom. The van der Waals surface area contributed by atoms with Crippen LogP contribution in [0.4, 0.5) is 10.1 Å². The molecule has 0 aliphatic carbocycles. The fourth-order valence-electron chi connectivity index (χ4n) is 1.87. The van der Waals surface area contributed by atoms with Gasteiger partial charge in [0.1, 0.15) is 5.82 Å². The maximum atomic E-state index is 13.1. The van der Waals surface area contributed by atoms with Crippen molar-refractivity contribution in [2.45, 2.75) is 13.0 Å². The Morgan fingerprint density at radius 1 is 1.25 bits per heavy atom. The van der Waals surface area contributed by atoms with Crippen LogP contribution in [-0.4, -0.2) is 11.7 Å². The van der Waals surface area contributed by atoms with Crippen LogP contribution in [-0.2, 0) is 0 Å². The molecule has 0 saturated carbocycles. The normalized spacial score (nSPS) is 11.7. The van der Waals surface area contributed by atoms with E-state index in [1.165, 1.54) is 6.07 Å². The zero-order valence-electron chi connectivity index (χ0n) is 11.1. The summed E-state index contributed by atoms with van der Waals surface area (Å²) in [4.78, 5) is 0. The molecule has 0 aliphatic heterocycles. The number of hydrogen-bond acceptors (Lipinski definition) is 3. The number of aryl methyl sites for hydroxylation is 1. The van der Waals surface area contributed by atoms with Crippen LogP contribution in [0.5, 0.6) is 0 Å². The van der Waals surface area contributed by atoms with Crippen molar-refractivity contribution in [3.8, 4) is 6.07 Å². The van der Waals surface area contributed by atoms with E-state index in [9.17, 15) is 9.50 Å². The van der Waals surface area contributed by atoms with Gasteiger partial charge in [0, 0.05) is 12.2 Å². The second-order valence-electron chi connectivity index (χ2n) is 4.59. The van der Waals surface area contributed by atoms with E-state index >= 15 is 0 Å². The Labute approximate surface area is 117 Å². The van der Waals surface area contributed by atoms with Gasteiger partial charge < -0.3 is 10.4 Å². The minimum Gasteiger partial charge on any atom is -0.387 e. The average Bonchev–Trinajstić information content (AvgIpc) is 2.48. The number of benzene rings is 2. The van der Waals surface area contributed by atoms with Crippen LogP contribution in [0.25, 0.3) is 0 Å². The number of hydrogen-bond donors (Lipinski definition) is 2. The summed E-state index contributed by atoms with van der Waals surface area (Å²) in [5.74, 6) is -0.247. The third kappa shape index (κ3) is 3.34. The predicted octanol–water partition coefficient (Wildman–Crippen LogP) is 3.15. The quantitative estimate of drug-likeness (QED) is 0.897. The molecule has 0 radical (unpaired) electrons. The number of aliphatic hydroxyl groups is 1. The second kappa shape index (κ2) is 6.18. The van der Waals surface area contributed by atoms with E-state index in [2.05, 4.69) is 5.32 Å². The number of halogens is 1. The van der Waals surface area contributed by atoms with Gasteiger partial charge in [0.25, 0.3) is 0 Å². The van der Waals surface area contributed by atoms with Crippen molar-refractivity contribution in [2.24, 2.45) is 0 Å². The summed E-state index contributed by atoms with van der Waals surface area (Å²) < 4.78 is 13.1. The molecule has 0 aliphatic rings. The molecule has 1 unspecified atom stereocenters. The van der Waals surface area contributed by atoms with Crippen LogP contribution < -0.4 is 5.32 Å². The van der Waals surface area contributed by atoms with Gasteiger partial charge in [0.05, 0.1) is 17.7 Å². The van der Waals surface area contributed by atoms with Gasteiger partial charge in [-0.25, -0.2) is 4.39 Å². The summed E-state index contributed by atoms with van der Waals surface area (Å²) in [5, 5.41) is 21.8. The van der Waals surface area contributed by atoms with Gasteiger partial charge in [-0.1, -0.05) is 12.1 Å². The SMILES string of the molecule is Cc1cc(NCC(O)c2ccc(C#N)cc2)ccc1F. The van der Waals surface area contributed by atoms with Crippen LogP contribution >= 0.6 is 0 Å². The predicted molar refractivity (Wildman–Crippen MR) is 75.7 cm³/mol. The Bertz CT molecular complexity index is 632. The van der Waals surface area contributed by atoms with Crippen LogP contribution in [0.1, 0.15) is 22.8 Å². The van der Waals surface area contributed by atoms with Crippen molar-refractivity contribution < 1.29 is 9.50 Å². The van der Waals surface area contributed by atoms with Crippen LogP contribution in [0.15, 0.2) is 42.5 Å². The van der Waals surface area contributed by atoms with Gasteiger partial charge in [-0.3, -0.25) is 0 Å². The monoisotopic (exact) mass is 270 g/mol. The van der Waals surface area contributed by atoms with Crippen molar-refractivity contribution in [3.05, 3.63) is 65.0 Å². The number of nitriles is 1. The summed E-state index contributed by atoms with van der Waals surface area (Å²) >= 11 is 0. The number of nitrogens with zero attached hydrogens (tertiary/aromatic N) is 1. The second-order valence-corrected chi connectivity index (χ2v) is 4.59. The first kappa shape index (κ1) is 14.0. The Morgan fingerprint density at radius 2 is 1.95 bits per heavy atom. The molecular weight excluding hydrogens is 255 g/mol. The van der Waals surface area contributed by atoms with Crippen molar-refractivity contribution in [1.82, 2.24) is 0 Å². The van der Waals surface area contributed by atoms with E-state index in [0.717, 1.165) is 11.3 Å². The summed E-state index contributed by atoms with van der Waals surface area (Å²) in [6.45, 7) is 2.01. The van der Waals surface area contributed by atoms with Gasteiger partial charge in [-0.05, 0) is 48.4 Å². The number of anilines is 1. The van der Waals surface area contributed by atoms with Gasteiger partial charge in [0.15, 0.2) is 0 Å². The third-order valence-electron chi connectivity index (χ3n) is 3.08. The summed E-state index contributed by atoms with van der Waals surface area (Å²) in [7, 11) is 0. The topological polar surface area (TPSA) is 56.0 Å². The molecule has 2 N–H and O–H groups in total. The van der Waals surface area contributed by atoms with E-state index in [4.69, 9.17) is 5.26 Å². The lowest BCUT2D eigenvalue weighted by Crippen LogP contribution is -2.12. The highest BCUT2D eigenvalue weighted by molar-refractivity contribution is 5.46. The molecule has 0 bridgehead atoms. The molecule has 0 aromatic heterocycles. The maximum absolute atomic E-state index is 13.1. The lowest BCUT2D eigenvalue weighted by molar-refractivity contribution is 0.191. The van der Waals surface area contributed by atoms with Gasteiger partial charge in [-0.15, -0.1) is 0 Å². The highest BCUT2D eigenvalue weighted by Crippen LogP contribution is 2.17. The first-order valence-corrected chi connectivity index (χ1v) is 6.28. The first-order chi connectivity index (χ1) is 9.60. The molecule has 102 valence electrons. The molecule has 1 atom stereocenters. The molecule has 0 fully saturated rings. The van der Waals surface area contributed by atoms with Crippen molar-refractivity contribution in [1.29, 1.82) is 5.26 Å². The van der Waals surface area contributed by atoms with E-state index < -0.39 is 6.10 Å². The molecule has 0 spiro atoms. The van der Waals surface area contributed by atoms with E-state index in [-0.39, 0.29) is 5.82 Å². The highest BCUT2D eigenvalue weighted by atomic mass is 19.1. The fraction of sp³-hybridized carbons (Fsp3) is 0.188. The number of nitrogens with one attached hydrogen (secondary N) is 1. The molecule has 4 heteroatoms. The third-order valence-corrected chi connectivity index (χ3v) is 3.08. The van der Waals surface area contributed by atoms with Gasteiger partial charge >= 0.3 is 0 Å². The highest BCUT2D eigenvalue weighted by Gasteiger charge is 2.07. The maximum Gasteiger partial charge on any atom is 0.126 e. The first-order valence-electron chi connectivity index (χ1n) is 6.28. The lowest BCUT2D eigenvalue weighted by Gasteiger charge is -2.13. The zero-order chi connectivity index (χ0) is 14.5. The van der Waals surface area contributed by atoms with E-state index in [0.29, 0.717) is 17.7 Å². The molecule has 0 amide bonds.